The number of hydrogen-bond donors (Lipinski definition) is 1. The highest BCUT2D eigenvalue weighted by atomic mass is 16.3. The van der Waals surface area contributed by atoms with Gasteiger partial charge in [-0.1, -0.05) is 60.7 Å². The molecular weight excluding hydrogens is 236 g/mol. The summed E-state index contributed by atoms with van der Waals surface area (Å²) in [5.41, 5.74) is 2.55. The summed E-state index contributed by atoms with van der Waals surface area (Å²) in [6.45, 7) is 0.0139. The Morgan fingerprint density at radius 1 is 0.842 bits per heavy atom. The van der Waals surface area contributed by atoms with Crippen molar-refractivity contribution in [3.63, 3.8) is 0 Å². The Morgan fingerprint density at radius 3 is 1.68 bits per heavy atom. The molecule has 3 nitrogen and oxygen atoms in total. The summed E-state index contributed by atoms with van der Waals surface area (Å²) < 4.78 is 1.57. The molecule has 0 aliphatic carbocycles. The van der Waals surface area contributed by atoms with Crippen molar-refractivity contribution in [2.75, 3.05) is 0 Å². The lowest BCUT2D eigenvalue weighted by atomic mass is 10.1. The molecule has 0 unspecified atom stereocenters. The standard InChI is InChI=1S/C12H10.C4H6N2O/c1-3-7-11(8-4-1)12-9-5-2-6-10-12;7-4-6-2-1-5-3-6/h1-10H;1-3,7H,4H2. The number of hydrogen-bond acceptors (Lipinski definition) is 2. The fourth-order valence-electron chi connectivity index (χ4n) is 1.63. The third-order valence-corrected chi connectivity index (χ3v) is 2.60. The van der Waals surface area contributed by atoms with Gasteiger partial charge in [-0.05, 0) is 11.1 Å². The second-order valence-electron chi connectivity index (χ2n) is 3.95. The van der Waals surface area contributed by atoms with E-state index in [0.717, 1.165) is 0 Å². The Kier molecular flexibility index (Phi) is 4.90. The molecule has 1 heterocycles. The third-order valence-electron chi connectivity index (χ3n) is 2.60. The maximum atomic E-state index is 8.35. The second-order valence-corrected chi connectivity index (χ2v) is 3.95. The van der Waals surface area contributed by atoms with Gasteiger partial charge >= 0.3 is 0 Å². The van der Waals surface area contributed by atoms with Gasteiger partial charge in [-0.3, -0.25) is 0 Å². The van der Waals surface area contributed by atoms with Gasteiger partial charge in [0, 0.05) is 12.4 Å². The Balaban J connectivity index is 0.000000163. The minimum atomic E-state index is 0.0139. The van der Waals surface area contributed by atoms with Crippen molar-refractivity contribution in [2.24, 2.45) is 0 Å². The first-order chi connectivity index (χ1) is 9.40. The molecule has 0 aliphatic heterocycles. The van der Waals surface area contributed by atoms with Crippen LogP contribution < -0.4 is 0 Å². The Hall–Kier alpha value is -2.39. The molecule has 0 saturated heterocycles. The number of aliphatic hydroxyl groups is 1. The lowest BCUT2D eigenvalue weighted by Crippen LogP contribution is -1.89. The normalized spacial score (nSPS) is 9.53. The molecule has 3 heteroatoms. The maximum Gasteiger partial charge on any atom is 0.120 e. The fraction of sp³-hybridized carbons (Fsp3) is 0.0625. The summed E-state index contributed by atoms with van der Waals surface area (Å²) in [4.78, 5) is 3.70. The molecular formula is C16H16N2O. The quantitative estimate of drug-likeness (QED) is 0.760. The molecule has 0 saturated carbocycles. The van der Waals surface area contributed by atoms with Crippen LogP contribution in [0.4, 0.5) is 0 Å². The first-order valence-corrected chi connectivity index (χ1v) is 6.07. The molecule has 0 fully saturated rings. The highest BCUT2D eigenvalue weighted by molar-refractivity contribution is 5.62. The molecule has 96 valence electrons. The zero-order valence-corrected chi connectivity index (χ0v) is 10.6. The largest absolute Gasteiger partial charge is 0.376 e. The number of aliphatic hydroxyl groups excluding tert-OH is 1. The smallest absolute Gasteiger partial charge is 0.120 e. The molecule has 1 N–H and O–H groups in total. The first-order valence-electron chi connectivity index (χ1n) is 6.07. The monoisotopic (exact) mass is 252 g/mol. The molecule has 2 aromatic carbocycles. The predicted molar refractivity (Wildman–Crippen MR) is 76.3 cm³/mol. The average molecular weight is 252 g/mol. The summed E-state index contributed by atoms with van der Waals surface area (Å²) in [6, 6.07) is 20.8. The zero-order chi connectivity index (χ0) is 13.3. The van der Waals surface area contributed by atoms with Gasteiger partial charge in [-0.2, -0.15) is 0 Å². The van der Waals surface area contributed by atoms with E-state index in [9.17, 15) is 0 Å². The van der Waals surface area contributed by atoms with Crippen LogP contribution in [-0.2, 0) is 6.73 Å². The van der Waals surface area contributed by atoms with E-state index in [1.54, 1.807) is 23.3 Å². The van der Waals surface area contributed by atoms with Crippen LogP contribution in [0.2, 0.25) is 0 Å². The van der Waals surface area contributed by atoms with Crippen LogP contribution in [0.1, 0.15) is 0 Å². The van der Waals surface area contributed by atoms with Crippen LogP contribution in [0.15, 0.2) is 79.4 Å². The van der Waals surface area contributed by atoms with E-state index in [-0.39, 0.29) is 6.73 Å². The minimum absolute atomic E-state index is 0.0139. The highest BCUT2D eigenvalue weighted by Crippen LogP contribution is 2.17. The van der Waals surface area contributed by atoms with Crippen LogP contribution in [-0.4, -0.2) is 14.7 Å². The summed E-state index contributed by atoms with van der Waals surface area (Å²) in [5.74, 6) is 0. The molecule has 0 atom stereocenters. The van der Waals surface area contributed by atoms with E-state index in [1.165, 1.54) is 11.1 Å². The van der Waals surface area contributed by atoms with Gasteiger partial charge in [-0.25, -0.2) is 4.98 Å². The third kappa shape index (κ3) is 4.08. The average Bonchev–Trinajstić information content (AvgIpc) is 3.03. The van der Waals surface area contributed by atoms with Crippen molar-refractivity contribution in [1.29, 1.82) is 0 Å². The topological polar surface area (TPSA) is 38.0 Å². The van der Waals surface area contributed by atoms with Crippen molar-refractivity contribution in [1.82, 2.24) is 9.55 Å². The molecule has 0 bridgehead atoms. The van der Waals surface area contributed by atoms with Crippen molar-refractivity contribution < 1.29 is 5.11 Å². The first kappa shape index (κ1) is 13.1. The molecule has 3 aromatic rings. The van der Waals surface area contributed by atoms with E-state index in [2.05, 4.69) is 53.5 Å². The summed E-state index contributed by atoms with van der Waals surface area (Å²) in [6.07, 6.45) is 4.87. The number of aromatic nitrogens is 2. The van der Waals surface area contributed by atoms with Crippen molar-refractivity contribution in [3.05, 3.63) is 79.4 Å². The van der Waals surface area contributed by atoms with Gasteiger partial charge in [0.05, 0.1) is 6.33 Å². The summed E-state index contributed by atoms with van der Waals surface area (Å²) in [7, 11) is 0. The molecule has 0 amide bonds. The van der Waals surface area contributed by atoms with Crippen molar-refractivity contribution >= 4 is 0 Å². The lowest BCUT2D eigenvalue weighted by molar-refractivity contribution is 0.210. The van der Waals surface area contributed by atoms with E-state index >= 15 is 0 Å². The van der Waals surface area contributed by atoms with Crippen LogP contribution >= 0.6 is 0 Å². The number of benzene rings is 2. The number of rotatable bonds is 2. The molecule has 0 spiro atoms. The van der Waals surface area contributed by atoms with E-state index in [4.69, 9.17) is 5.11 Å². The van der Waals surface area contributed by atoms with Crippen LogP contribution in [0, 0.1) is 0 Å². The van der Waals surface area contributed by atoms with Gasteiger partial charge in [0.25, 0.3) is 0 Å². The Morgan fingerprint density at radius 2 is 1.37 bits per heavy atom. The van der Waals surface area contributed by atoms with Crippen LogP contribution in [0.5, 0.6) is 0 Å². The zero-order valence-electron chi connectivity index (χ0n) is 10.6. The molecule has 0 aliphatic rings. The maximum absolute atomic E-state index is 8.35. The van der Waals surface area contributed by atoms with E-state index in [0.29, 0.717) is 0 Å². The van der Waals surface area contributed by atoms with Gasteiger partial charge in [-0.15, -0.1) is 0 Å². The number of nitrogens with zero attached hydrogens (tertiary/aromatic N) is 2. The van der Waals surface area contributed by atoms with Gasteiger partial charge in [0.1, 0.15) is 6.73 Å². The molecule has 3 rings (SSSR count). The van der Waals surface area contributed by atoms with Crippen LogP contribution in [0.3, 0.4) is 0 Å². The molecule has 0 radical (unpaired) electrons. The molecule has 19 heavy (non-hydrogen) atoms. The fourth-order valence-corrected chi connectivity index (χ4v) is 1.63. The van der Waals surface area contributed by atoms with Gasteiger partial charge < -0.3 is 9.67 Å². The Bertz CT molecular complexity index is 525. The van der Waals surface area contributed by atoms with Gasteiger partial charge in [0.2, 0.25) is 0 Å². The predicted octanol–water partition coefficient (Wildman–Crippen LogP) is 3.19. The van der Waals surface area contributed by atoms with Crippen molar-refractivity contribution in [3.8, 4) is 11.1 Å². The minimum Gasteiger partial charge on any atom is -0.376 e. The van der Waals surface area contributed by atoms with Crippen molar-refractivity contribution in [2.45, 2.75) is 6.73 Å². The summed E-state index contributed by atoms with van der Waals surface area (Å²) in [5, 5.41) is 8.35. The molecule has 1 aromatic heterocycles. The second kappa shape index (κ2) is 7.13. The van der Waals surface area contributed by atoms with Crippen LogP contribution in [0.25, 0.3) is 11.1 Å². The van der Waals surface area contributed by atoms with E-state index in [1.807, 2.05) is 12.1 Å². The number of imidazole rings is 1. The highest BCUT2D eigenvalue weighted by Gasteiger charge is 1.91. The lowest BCUT2D eigenvalue weighted by Gasteiger charge is -1.98. The Labute approximate surface area is 112 Å². The van der Waals surface area contributed by atoms with E-state index < -0.39 is 0 Å². The SMILES string of the molecule is OCn1ccnc1.c1ccc(-c2ccccc2)cc1. The van der Waals surface area contributed by atoms with Gasteiger partial charge in [0.15, 0.2) is 0 Å². The summed E-state index contributed by atoms with van der Waals surface area (Å²) >= 11 is 0.